The van der Waals surface area contributed by atoms with Gasteiger partial charge in [0.25, 0.3) is 0 Å². The predicted octanol–water partition coefficient (Wildman–Crippen LogP) is 2.22. The number of aliphatic hydroxyl groups is 1. The van der Waals surface area contributed by atoms with Gasteiger partial charge in [0.15, 0.2) is 0 Å². The molecule has 1 saturated carbocycles. The zero-order chi connectivity index (χ0) is 9.47. The van der Waals surface area contributed by atoms with Gasteiger partial charge in [-0.15, -0.1) is 0 Å². The number of nitrogens with zero attached hydrogens (tertiary/aromatic N) is 1. The van der Waals surface area contributed by atoms with E-state index in [4.69, 9.17) is 0 Å². The Hall–Kier alpha value is -0.890. The van der Waals surface area contributed by atoms with Crippen molar-refractivity contribution in [2.75, 3.05) is 0 Å². The van der Waals surface area contributed by atoms with Gasteiger partial charge in [-0.3, -0.25) is 4.98 Å². The minimum Gasteiger partial charge on any atom is -0.388 e. The van der Waals surface area contributed by atoms with E-state index in [-0.39, 0.29) is 11.5 Å². The lowest BCUT2D eigenvalue weighted by molar-refractivity contribution is 0.103. The first kappa shape index (κ1) is 8.70. The second kappa shape index (κ2) is 2.81. The van der Waals surface area contributed by atoms with Gasteiger partial charge in [0.05, 0.1) is 6.10 Å². The Bertz CT molecular complexity index is 318. The summed E-state index contributed by atoms with van der Waals surface area (Å²) in [6.45, 7) is 4.12. The van der Waals surface area contributed by atoms with Crippen LogP contribution in [-0.2, 0) is 0 Å². The van der Waals surface area contributed by atoms with Crippen LogP contribution in [0.15, 0.2) is 18.5 Å². The molecule has 1 aliphatic rings. The largest absolute Gasteiger partial charge is 0.388 e. The van der Waals surface area contributed by atoms with E-state index in [2.05, 4.69) is 11.9 Å². The molecule has 0 aromatic carbocycles. The Morgan fingerprint density at radius 1 is 1.46 bits per heavy atom. The zero-order valence-corrected chi connectivity index (χ0v) is 8.12. The lowest BCUT2D eigenvalue weighted by Crippen LogP contribution is -2.09. The first-order valence-electron chi connectivity index (χ1n) is 4.71. The van der Waals surface area contributed by atoms with Crippen LogP contribution < -0.4 is 0 Å². The van der Waals surface area contributed by atoms with Gasteiger partial charge in [-0.2, -0.15) is 0 Å². The third kappa shape index (κ3) is 1.59. The molecule has 0 amide bonds. The maximum Gasteiger partial charge on any atom is 0.0858 e. The van der Waals surface area contributed by atoms with Crippen molar-refractivity contribution in [1.82, 2.24) is 4.98 Å². The molecule has 13 heavy (non-hydrogen) atoms. The van der Waals surface area contributed by atoms with Crippen molar-refractivity contribution in [3.8, 4) is 0 Å². The number of aryl methyl sites for hydroxylation is 1. The second-order valence-corrected chi connectivity index (χ2v) is 4.35. The fourth-order valence-corrected chi connectivity index (χ4v) is 1.60. The maximum absolute atomic E-state index is 10.0. The highest BCUT2D eigenvalue weighted by Crippen LogP contribution is 2.54. The minimum absolute atomic E-state index is 0.121. The van der Waals surface area contributed by atoms with Crippen LogP contribution in [0.4, 0.5) is 0 Å². The SMILES string of the molecule is Cc1cncc(C(O)C2(C)CC2)c1. The first-order chi connectivity index (χ1) is 6.12. The lowest BCUT2D eigenvalue weighted by atomic mass is 9.95. The number of hydrogen-bond acceptors (Lipinski definition) is 2. The molecule has 1 unspecified atom stereocenters. The van der Waals surface area contributed by atoms with Gasteiger partial charge in [-0.05, 0) is 36.3 Å². The molecule has 1 aromatic rings. The molecule has 0 spiro atoms. The number of aromatic nitrogens is 1. The maximum atomic E-state index is 10.0. The van der Waals surface area contributed by atoms with Crippen molar-refractivity contribution >= 4 is 0 Å². The van der Waals surface area contributed by atoms with Gasteiger partial charge in [-0.1, -0.05) is 13.0 Å². The average Bonchev–Trinajstić information content (AvgIpc) is 2.84. The Balaban J connectivity index is 2.25. The van der Waals surface area contributed by atoms with Crippen LogP contribution in [-0.4, -0.2) is 10.1 Å². The Labute approximate surface area is 78.6 Å². The lowest BCUT2D eigenvalue weighted by Gasteiger charge is -2.17. The van der Waals surface area contributed by atoms with Crippen LogP contribution in [0, 0.1) is 12.3 Å². The molecule has 1 heterocycles. The van der Waals surface area contributed by atoms with Gasteiger partial charge in [-0.25, -0.2) is 0 Å². The van der Waals surface area contributed by atoms with Gasteiger partial charge >= 0.3 is 0 Å². The van der Waals surface area contributed by atoms with E-state index in [0.29, 0.717) is 0 Å². The molecule has 2 heteroatoms. The van der Waals surface area contributed by atoms with Crippen molar-refractivity contribution in [3.05, 3.63) is 29.6 Å². The summed E-state index contributed by atoms with van der Waals surface area (Å²) in [6.07, 6.45) is 5.50. The fourth-order valence-electron chi connectivity index (χ4n) is 1.60. The molecule has 0 bridgehead atoms. The molecule has 0 radical (unpaired) electrons. The molecule has 2 nitrogen and oxygen atoms in total. The van der Waals surface area contributed by atoms with Crippen LogP contribution in [0.2, 0.25) is 0 Å². The van der Waals surface area contributed by atoms with Gasteiger partial charge in [0.1, 0.15) is 0 Å². The number of pyridine rings is 1. The summed E-state index contributed by atoms with van der Waals surface area (Å²) in [5.41, 5.74) is 2.19. The molecule has 1 atom stereocenters. The molecule has 2 rings (SSSR count). The Morgan fingerprint density at radius 2 is 2.15 bits per heavy atom. The highest BCUT2D eigenvalue weighted by molar-refractivity contribution is 5.22. The summed E-state index contributed by atoms with van der Waals surface area (Å²) < 4.78 is 0. The summed E-state index contributed by atoms with van der Waals surface area (Å²) in [6, 6.07) is 2.02. The summed E-state index contributed by atoms with van der Waals surface area (Å²) in [5.74, 6) is 0. The van der Waals surface area contributed by atoms with Crippen molar-refractivity contribution in [2.24, 2.45) is 5.41 Å². The third-order valence-electron chi connectivity index (χ3n) is 2.91. The summed E-state index contributed by atoms with van der Waals surface area (Å²) in [7, 11) is 0. The van der Waals surface area contributed by atoms with E-state index < -0.39 is 0 Å². The fraction of sp³-hybridized carbons (Fsp3) is 0.545. The molecule has 70 valence electrons. The highest BCUT2D eigenvalue weighted by atomic mass is 16.3. The van der Waals surface area contributed by atoms with Crippen LogP contribution in [0.25, 0.3) is 0 Å². The molecule has 0 saturated heterocycles. The van der Waals surface area contributed by atoms with E-state index in [0.717, 1.165) is 24.0 Å². The number of hydrogen-bond donors (Lipinski definition) is 1. The average molecular weight is 177 g/mol. The normalized spacial score (nSPS) is 21.2. The van der Waals surface area contributed by atoms with Crippen molar-refractivity contribution in [2.45, 2.75) is 32.8 Å². The molecule has 1 N–H and O–H groups in total. The smallest absolute Gasteiger partial charge is 0.0858 e. The van der Waals surface area contributed by atoms with Crippen LogP contribution in [0.5, 0.6) is 0 Å². The quantitative estimate of drug-likeness (QED) is 0.751. The first-order valence-corrected chi connectivity index (χ1v) is 4.71. The van der Waals surface area contributed by atoms with Gasteiger partial charge < -0.3 is 5.11 Å². The highest BCUT2D eigenvalue weighted by Gasteiger charge is 2.44. The van der Waals surface area contributed by atoms with E-state index in [1.54, 1.807) is 6.20 Å². The van der Waals surface area contributed by atoms with Crippen molar-refractivity contribution in [1.29, 1.82) is 0 Å². The molecular weight excluding hydrogens is 162 g/mol. The second-order valence-electron chi connectivity index (χ2n) is 4.35. The summed E-state index contributed by atoms with van der Waals surface area (Å²) in [4.78, 5) is 4.09. The van der Waals surface area contributed by atoms with E-state index >= 15 is 0 Å². The molecule has 1 fully saturated rings. The van der Waals surface area contributed by atoms with Gasteiger partial charge in [0.2, 0.25) is 0 Å². The minimum atomic E-state index is -0.333. The topological polar surface area (TPSA) is 33.1 Å². The van der Waals surface area contributed by atoms with E-state index in [1.165, 1.54) is 0 Å². The van der Waals surface area contributed by atoms with Gasteiger partial charge in [0, 0.05) is 12.4 Å². The van der Waals surface area contributed by atoms with Crippen molar-refractivity contribution in [3.63, 3.8) is 0 Å². The Morgan fingerprint density at radius 3 is 2.69 bits per heavy atom. The summed E-state index contributed by atoms with van der Waals surface area (Å²) in [5, 5.41) is 10.0. The molecule has 1 aliphatic carbocycles. The van der Waals surface area contributed by atoms with E-state index in [1.807, 2.05) is 19.2 Å². The number of rotatable bonds is 2. The predicted molar refractivity (Wildman–Crippen MR) is 51.3 cm³/mol. The Kier molecular flexibility index (Phi) is 1.88. The van der Waals surface area contributed by atoms with Crippen molar-refractivity contribution < 1.29 is 5.11 Å². The van der Waals surface area contributed by atoms with Crippen LogP contribution in [0.1, 0.15) is 37.0 Å². The third-order valence-corrected chi connectivity index (χ3v) is 2.91. The van der Waals surface area contributed by atoms with Crippen LogP contribution >= 0.6 is 0 Å². The molecule has 1 aromatic heterocycles. The van der Waals surface area contributed by atoms with E-state index in [9.17, 15) is 5.11 Å². The standard InChI is InChI=1S/C11H15NO/c1-8-5-9(7-12-6-8)10(13)11(2)3-4-11/h5-7,10,13H,3-4H2,1-2H3. The number of aliphatic hydroxyl groups excluding tert-OH is 1. The summed E-state index contributed by atoms with van der Waals surface area (Å²) >= 11 is 0. The molecule has 0 aliphatic heterocycles. The zero-order valence-electron chi connectivity index (χ0n) is 8.12. The monoisotopic (exact) mass is 177 g/mol. The van der Waals surface area contributed by atoms with Crippen LogP contribution in [0.3, 0.4) is 0 Å². The molecular formula is C11H15NO.